The molecular weight excluding hydrogens is 937 g/mol. The molecule has 8 aromatic rings. The van der Waals surface area contributed by atoms with Gasteiger partial charge in [-0.1, -0.05) is 194 Å². The zero-order chi connectivity index (χ0) is 54.0. The fourth-order valence-electron chi connectivity index (χ4n) is 8.31. The molecule has 0 unspecified atom stereocenters. The summed E-state index contributed by atoms with van der Waals surface area (Å²) >= 11 is 0. The molecule has 0 spiro atoms. The minimum Gasteiger partial charge on any atom is -0.485 e. The fourth-order valence-corrected chi connectivity index (χ4v) is 8.31. The minimum atomic E-state index is 0.0924. The average molecular weight is 1020 g/mol. The molecule has 8 nitrogen and oxygen atoms in total. The third-order valence-corrected chi connectivity index (χ3v) is 12.8. The van der Waals surface area contributed by atoms with Crippen LogP contribution in [-0.4, -0.2) is 54.4 Å². The highest BCUT2D eigenvalue weighted by atomic mass is 16.5. The second kappa shape index (κ2) is 35.1. The Morgan fingerprint density at radius 3 is 0.592 bits per heavy atom. The van der Waals surface area contributed by atoms with E-state index in [4.69, 9.17) is 18.9 Å². The summed E-state index contributed by atoms with van der Waals surface area (Å²) in [4.78, 5) is 0. The van der Waals surface area contributed by atoms with Gasteiger partial charge in [0.1, 0.15) is 47.4 Å². The number of hydrogen-bond acceptors (Lipinski definition) is 8. The molecule has 0 amide bonds. The topological polar surface area (TPSA) is 85.0 Å². The lowest BCUT2D eigenvalue weighted by Gasteiger charge is -2.20. The van der Waals surface area contributed by atoms with E-state index >= 15 is 0 Å². The Labute approximate surface area is 456 Å². The maximum absolute atomic E-state index is 6.19. The number of hydrogen-bond donors (Lipinski definition) is 4. The largest absolute Gasteiger partial charge is 0.485 e. The van der Waals surface area contributed by atoms with Gasteiger partial charge in [0.15, 0.2) is 0 Å². The van der Waals surface area contributed by atoms with Gasteiger partial charge in [-0.15, -0.1) is 0 Å². The van der Waals surface area contributed by atoms with Crippen LogP contribution in [0.25, 0.3) is 0 Å². The van der Waals surface area contributed by atoms with E-state index < -0.39 is 0 Å². The van der Waals surface area contributed by atoms with Gasteiger partial charge in [-0.3, -0.25) is 0 Å². The van der Waals surface area contributed by atoms with Gasteiger partial charge in [0.2, 0.25) is 0 Å². The summed E-state index contributed by atoms with van der Waals surface area (Å²) in [5.41, 5.74) is 9.59. The Morgan fingerprint density at radius 2 is 0.421 bits per heavy atom. The highest BCUT2D eigenvalue weighted by Gasteiger charge is 2.17. The van der Waals surface area contributed by atoms with Crippen molar-refractivity contribution in [2.24, 2.45) is 0 Å². The number of aryl methyl sites for hydroxylation is 4. The predicted octanol–water partition coefficient (Wildman–Crippen LogP) is 14.9. The van der Waals surface area contributed by atoms with Crippen molar-refractivity contribution >= 4 is 0 Å². The first-order valence-corrected chi connectivity index (χ1v) is 26.9. The Morgan fingerprint density at radius 1 is 0.250 bits per heavy atom. The molecule has 0 aliphatic rings. The van der Waals surface area contributed by atoms with Gasteiger partial charge in [-0.25, -0.2) is 0 Å². The molecule has 0 saturated carbocycles. The van der Waals surface area contributed by atoms with Gasteiger partial charge in [-0.05, 0) is 151 Å². The lowest BCUT2D eigenvalue weighted by molar-refractivity contribution is 0.193. The van der Waals surface area contributed by atoms with Crippen LogP contribution in [0.4, 0.5) is 0 Å². The van der Waals surface area contributed by atoms with E-state index in [9.17, 15) is 0 Å². The van der Waals surface area contributed by atoms with E-state index in [0.29, 0.717) is 0 Å². The molecule has 0 saturated heterocycles. The van der Waals surface area contributed by atoms with Crippen molar-refractivity contribution in [3.8, 4) is 23.0 Å². The molecule has 0 bridgehead atoms. The number of para-hydroxylation sites is 4. The van der Waals surface area contributed by atoms with E-state index in [2.05, 4.69) is 170 Å². The van der Waals surface area contributed by atoms with E-state index in [1.807, 2.05) is 125 Å². The van der Waals surface area contributed by atoms with Gasteiger partial charge < -0.3 is 40.2 Å². The monoisotopic (exact) mass is 1020 g/mol. The van der Waals surface area contributed by atoms with Crippen molar-refractivity contribution in [2.45, 2.75) is 77.8 Å². The molecule has 76 heavy (non-hydrogen) atoms. The van der Waals surface area contributed by atoms with Crippen molar-refractivity contribution in [3.63, 3.8) is 0 Å². The predicted molar refractivity (Wildman–Crippen MR) is 318 cm³/mol. The van der Waals surface area contributed by atoms with Crippen LogP contribution in [0.2, 0.25) is 0 Å². The van der Waals surface area contributed by atoms with Gasteiger partial charge >= 0.3 is 0 Å². The van der Waals surface area contributed by atoms with Gasteiger partial charge in [0.05, 0.1) is 0 Å². The molecular formula is C68H84N4O4. The Kier molecular flexibility index (Phi) is 27.6. The fraction of sp³-hybridized carbons (Fsp3) is 0.294. The Bertz CT molecular complexity index is 2360. The molecule has 400 valence electrons. The zero-order valence-corrected chi connectivity index (χ0v) is 46.4. The van der Waals surface area contributed by atoms with Crippen molar-refractivity contribution in [1.29, 1.82) is 0 Å². The Balaban J connectivity index is 0.000000187. The molecule has 0 aliphatic carbocycles. The molecule has 0 radical (unpaired) electrons. The van der Waals surface area contributed by atoms with Crippen LogP contribution < -0.4 is 40.2 Å². The standard InChI is InChI=1S/4C17H21NO/c4*1-14-8-6-7-11-16(14)19-17(12-13-18-2)15-9-4-3-5-10-15/h4*3-11,17-18H,12-13H2,1-2H3/t4*17-/m1111/s1. The number of nitrogens with one attached hydrogen (secondary N) is 4. The van der Waals surface area contributed by atoms with Crippen LogP contribution in [0, 0.1) is 27.7 Å². The van der Waals surface area contributed by atoms with Gasteiger partial charge in [-0.2, -0.15) is 0 Å². The van der Waals surface area contributed by atoms with E-state index in [1.165, 1.54) is 44.5 Å². The lowest BCUT2D eigenvalue weighted by atomic mass is 10.1. The molecule has 4 atom stereocenters. The third-order valence-electron chi connectivity index (χ3n) is 12.8. The summed E-state index contributed by atoms with van der Waals surface area (Å²) in [7, 11) is 7.87. The zero-order valence-electron chi connectivity index (χ0n) is 46.4. The minimum absolute atomic E-state index is 0.0924. The summed E-state index contributed by atoms with van der Waals surface area (Å²) in [5.74, 6) is 3.86. The molecule has 0 fully saturated rings. The molecule has 8 heteroatoms. The first-order chi connectivity index (χ1) is 37.2. The van der Waals surface area contributed by atoms with Crippen LogP contribution in [0.15, 0.2) is 218 Å². The normalized spacial score (nSPS) is 12.1. The van der Waals surface area contributed by atoms with Crippen molar-refractivity contribution in [1.82, 2.24) is 21.3 Å². The van der Waals surface area contributed by atoms with Crippen LogP contribution in [0.1, 0.15) is 94.6 Å². The smallest absolute Gasteiger partial charge is 0.125 e. The molecule has 0 aliphatic heterocycles. The van der Waals surface area contributed by atoms with Gasteiger partial charge in [0, 0.05) is 25.7 Å². The molecule has 8 aromatic carbocycles. The van der Waals surface area contributed by atoms with Crippen LogP contribution in [0.5, 0.6) is 23.0 Å². The highest BCUT2D eigenvalue weighted by molar-refractivity contribution is 5.36. The van der Waals surface area contributed by atoms with Crippen LogP contribution in [0.3, 0.4) is 0 Å². The number of benzene rings is 8. The molecule has 0 heterocycles. The second-order valence-corrected chi connectivity index (χ2v) is 18.7. The maximum atomic E-state index is 6.19. The molecule has 4 N–H and O–H groups in total. The van der Waals surface area contributed by atoms with Gasteiger partial charge in [0.25, 0.3) is 0 Å². The van der Waals surface area contributed by atoms with Crippen molar-refractivity contribution in [2.75, 3.05) is 54.4 Å². The second-order valence-electron chi connectivity index (χ2n) is 18.7. The van der Waals surface area contributed by atoms with E-state index in [-0.39, 0.29) is 24.4 Å². The third kappa shape index (κ3) is 21.2. The first-order valence-electron chi connectivity index (χ1n) is 26.9. The SMILES string of the molecule is CNCC[C@@H](Oc1ccccc1C)c1ccccc1.CNCC[C@@H](Oc1ccccc1C)c1ccccc1.CNCC[C@@H](Oc1ccccc1C)c1ccccc1.CNCC[C@@H](Oc1ccccc1C)c1ccccc1. The van der Waals surface area contributed by atoms with Crippen molar-refractivity contribution < 1.29 is 18.9 Å². The number of rotatable bonds is 24. The average Bonchev–Trinajstić information content (AvgIpc) is 3.47. The molecule has 0 aromatic heterocycles. The first kappa shape index (κ1) is 59.7. The lowest BCUT2D eigenvalue weighted by Crippen LogP contribution is -2.16. The summed E-state index contributed by atoms with van der Waals surface area (Å²) in [6, 6.07) is 74.2. The van der Waals surface area contributed by atoms with E-state index in [1.54, 1.807) is 0 Å². The highest BCUT2D eigenvalue weighted by Crippen LogP contribution is 2.30. The summed E-state index contributed by atoms with van der Waals surface area (Å²) in [5, 5.41) is 12.8. The van der Waals surface area contributed by atoms with Crippen LogP contribution >= 0.6 is 0 Å². The van der Waals surface area contributed by atoms with Crippen LogP contribution in [-0.2, 0) is 0 Å². The summed E-state index contributed by atoms with van der Waals surface area (Å²) in [6.07, 6.45) is 4.18. The van der Waals surface area contributed by atoms with E-state index in [0.717, 1.165) is 74.9 Å². The molecule has 8 rings (SSSR count). The Hall–Kier alpha value is -7.20. The number of ether oxygens (including phenoxy) is 4. The summed E-state index contributed by atoms with van der Waals surface area (Å²) in [6.45, 7) is 12.1. The maximum Gasteiger partial charge on any atom is 0.125 e. The quantitative estimate of drug-likeness (QED) is 0.0476. The van der Waals surface area contributed by atoms with Crippen molar-refractivity contribution in [3.05, 3.63) is 263 Å². The summed E-state index contributed by atoms with van der Waals surface area (Å²) < 4.78 is 24.8.